The van der Waals surface area contributed by atoms with Gasteiger partial charge in [0.25, 0.3) is 0 Å². The lowest BCUT2D eigenvalue weighted by molar-refractivity contribution is -0.869. The van der Waals surface area contributed by atoms with Gasteiger partial charge in [0.1, 0.15) is 5.60 Å². The molecule has 1 amide bonds. The predicted octanol–water partition coefficient (Wildman–Crippen LogP) is -2.19. The van der Waals surface area contributed by atoms with Gasteiger partial charge in [-0.2, -0.15) is 0 Å². The Hall–Kier alpha value is -0.520. The van der Waals surface area contributed by atoms with E-state index in [9.17, 15) is 4.79 Å². The van der Waals surface area contributed by atoms with Gasteiger partial charge >= 0.3 is 6.09 Å². The van der Waals surface area contributed by atoms with E-state index in [1.54, 1.807) is 0 Å². The lowest BCUT2D eigenvalue weighted by atomic mass is 10.2. The molecule has 0 spiro atoms. The van der Waals surface area contributed by atoms with E-state index in [2.05, 4.69) is 31.8 Å². The van der Waals surface area contributed by atoms with Crippen LogP contribution in [0.25, 0.3) is 0 Å². The number of carbonyl (C=O) groups is 1. The van der Waals surface area contributed by atoms with E-state index in [4.69, 9.17) is 4.74 Å². The van der Waals surface area contributed by atoms with Crippen LogP contribution in [0.3, 0.4) is 0 Å². The van der Waals surface area contributed by atoms with Crippen LogP contribution < -0.4 is 23.0 Å². The summed E-state index contributed by atoms with van der Waals surface area (Å²) in [6.07, 6.45) is -0.356. The highest BCUT2D eigenvalue weighted by Crippen LogP contribution is 2.05. The molecule has 0 unspecified atom stereocenters. The van der Waals surface area contributed by atoms with Crippen LogP contribution in [0.5, 0.6) is 0 Å². The molecule has 0 aromatic carbocycles. The van der Waals surface area contributed by atoms with E-state index in [-0.39, 0.29) is 18.5 Å². The number of hydrogen-bond donors (Lipinski definition) is 2. The molecule has 0 rings (SSSR count). The van der Waals surface area contributed by atoms with E-state index in [1.807, 2.05) is 20.8 Å². The maximum atomic E-state index is 11.3. The Balaban J connectivity index is 0. The van der Waals surface area contributed by atoms with Crippen LogP contribution in [0.2, 0.25) is 0 Å². The minimum Gasteiger partial charge on any atom is -1.00 e. The van der Waals surface area contributed by atoms with E-state index in [0.717, 1.165) is 24.1 Å². The fourth-order valence-electron chi connectivity index (χ4n) is 1.11. The largest absolute Gasteiger partial charge is 1.00 e. The Bertz CT molecular complexity index is 234. The van der Waals surface area contributed by atoms with Gasteiger partial charge in [-0.25, -0.2) is 4.79 Å². The molecule has 2 N–H and O–H groups in total. The molecule has 0 aliphatic carbocycles. The molecule has 0 saturated carbocycles. The molecule has 6 heteroatoms. The summed E-state index contributed by atoms with van der Waals surface area (Å²) in [6, 6.07) is 0. The van der Waals surface area contributed by atoms with Crippen molar-refractivity contribution in [1.29, 1.82) is 0 Å². The van der Waals surface area contributed by atoms with Gasteiger partial charge in [0.05, 0.1) is 27.7 Å². The lowest BCUT2D eigenvalue weighted by Crippen LogP contribution is -3.00. The molecule has 110 valence electrons. The number of rotatable bonds is 6. The Morgan fingerprint density at radius 1 is 1.11 bits per heavy atom. The van der Waals surface area contributed by atoms with Gasteiger partial charge < -0.3 is 32.3 Å². The van der Waals surface area contributed by atoms with E-state index >= 15 is 0 Å². The zero-order valence-electron chi connectivity index (χ0n) is 12.5. The second-order valence-electron chi connectivity index (χ2n) is 6.19. The van der Waals surface area contributed by atoms with E-state index in [0.29, 0.717) is 6.54 Å². The Morgan fingerprint density at radius 3 is 2.11 bits per heavy atom. The van der Waals surface area contributed by atoms with Crippen LogP contribution in [0.4, 0.5) is 4.79 Å². The monoisotopic (exact) mass is 281 g/mol. The number of alkyl carbamates (subject to hydrolysis) is 1. The zero-order chi connectivity index (χ0) is 13.5. The maximum Gasteiger partial charge on any atom is 0.407 e. The standard InChI is InChI=1S/C12H27N3O2.ClH/c1-12(2,3)17-11(16)14-8-7-13-9-10-15(4,5)6;/h13H,7-10H2,1-6H3;1H. The average molecular weight is 282 g/mol. The van der Waals surface area contributed by atoms with Crippen molar-refractivity contribution in [3.8, 4) is 0 Å². The van der Waals surface area contributed by atoms with Crippen molar-refractivity contribution in [3.05, 3.63) is 0 Å². The summed E-state index contributed by atoms with van der Waals surface area (Å²) in [5.41, 5.74) is -0.429. The Labute approximate surface area is 117 Å². The van der Waals surface area contributed by atoms with Gasteiger partial charge in [0, 0.05) is 19.6 Å². The molecule has 0 aliphatic heterocycles. The summed E-state index contributed by atoms with van der Waals surface area (Å²) < 4.78 is 6.05. The highest BCUT2D eigenvalue weighted by Gasteiger charge is 2.15. The predicted molar refractivity (Wildman–Crippen MR) is 70.0 cm³/mol. The molecule has 0 heterocycles. The highest BCUT2D eigenvalue weighted by atomic mass is 35.5. The van der Waals surface area contributed by atoms with Crippen molar-refractivity contribution in [2.24, 2.45) is 0 Å². The number of hydrogen-bond acceptors (Lipinski definition) is 3. The SMILES string of the molecule is CC(C)(C)OC(=O)NCCNCC[N+](C)(C)C.[Cl-]. The molecular weight excluding hydrogens is 254 g/mol. The third-order valence-corrected chi connectivity index (χ3v) is 1.93. The third kappa shape index (κ3) is 15.5. The van der Waals surface area contributed by atoms with Gasteiger partial charge in [0.15, 0.2) is 0 Å². The maximum absolute atomic E-state index is 11.3. The van der Waals surface area contributed by atoms with Gasteiger partial charge in [-0.05, 0) is 20.8 Å². The minimum atomic E-state index is -0.429. The van der Waals surface area contributed by atoms with Crippen LogP contribution in [0.15, 0.2) is 0 Å². The average Bonchev–Trinajstić information content (AvgIpc) is 2.06. The van der Waals surface area contributed by atoms with Gasteiger partial charge in [-0.1, -0.05) is 0 Å². The summed E-state index contributed by atoms with van der Waals surface area (Å²) in [4.78, 5) is 11.3. The first-order chi connectivity index (χ1) is 7.60. The van der Waals surface area contributed by atoms with Crippen LogP contribution in [0.1, 0.15) is 20.8 Å². The van der Waals surface area contributed by atoms with Gasteiger partial charge in [-0.15, -0.1) is 0 Å². The number of halogens is 1. The smallest absolute Gasteiger partial charge is 0.407 e. The highest BCUT2D eigenvalue weighted by molar-refractivity contribution is 5.67. The Kier molecular flexibility index (Phi) is 9.42. The summed E-state index contributed by atoms with van der Waals surface area (Å²) in [5, 5.41) is 5.98. The first-order valence-corrected chi connectivity index (χ1v) is 6.08. The molecule has 0 bridgehead atoms. The lowest BCUT2D eigenvalue weighted by Gasteiger charge is -2.24. The van der Waals surface area contributed by atoms with Crippen LogP contribution >= 0.6 is 0 Å². The van der Waals surface area contributed by atoms with Gasteiger partial charge in [0.2, 0.25) is 0 Å². The second-order valence-corrected chi connectivity index (χ2v) is 6.19. The summed E-state index contributed by atoms with van der Waals surface area (Å²) >= 11 is 0. The topological polar surface area (TPSA) is 50.4 Å². The zero-order valence-corrected chi connectivity index (χ0v) is 13.2. The van der Waals surface area contributed by atoms with Gasteiger partial charge in [-0.3, -0.25) is 0 Å². The molecule has 18 heavy (non-hydrogen) atoms. The molecular formula is C12H28ClN3O2. The number of nitrogens with one attached hydrogen (secondary N) is 2. The molecule has 0 aliphatic rings. The summed E-state index contributed by atoms with van der Waals surface area (Å²) in [5.74, 6) is 0. The number of likely N-dealkylation sites (N-methyl/N-ethyl adjacent to an activating group) is 1. The van der Waals surface area contributed by atoms with Crippen molar-refractivity contribution in [2.75, 3.05) is 47.3 Å². The van der Waals surface area contributed by atoms with E-state index < -0.39 is 5.60 Å². The summed E-state index contributed by atoms with van der Waals surface area (Å²) in [6.45, 7) is 8.92. The second kappa shape index (κ2) is 8.56. The van der Waals surface area contributed by atoms with Crippen molar-refractivity contribution in [2.45, 2.75) is 26.4 Å². The Morgan fingerprint density at radius 2 is 1.67 bits per heavy atom. The normalized spacial score (nSPS) is 11.7. The number of quaternary nitrogens is 1. The molecule has 5 nitrogen and oxygen atoms in total. The number of ether oxygens (including phenoxy) is 1. The fraction of sp³-hybridized carbons (Fsp3) is 0.917. The van der Waals surface area contributed by atoms with Crippen molar-refractivity contribution >= 4 is 6.09 Å². The van der Waals surface area contributed by atoms with Crippen LogP contribution in [-0.2, 0) is 4.74 Å². The first-order valence-electron chi connectivity index (χ1n) is 6.08. The minimum absolute atomic E-state index is 0. The quantitative estimate of drug-likeness (QED) is 0.430. The summed E-state index contributed by atoms with van der Waals surface area (Å²) in [7, 11) is 6.46. The molecule has 0 aromatic rings. The van der Waals surface area contributed by atoms with Crippen molar-refractivity contribution in [1.82, 2.24) is 10.6 Å². The molecule has 0 saturated heterocycles. The van der Waals surface area contributed by atoms with Crippen molar-refractivity contribution < 1.29 is 26.4 Å². The first kappa shape index (κ1) is 19.8. The third-order valence-electron chi connectivity index (χ3n) is 1.93. The van der Waals surface area contributed by atoms with E-state index in [1.165, 1.54) is 0 Å². The number of amides is 1. The fourth-order valence-corrected chi connectivity index (χ4v) is 1.11. The van der Waals surface area contributed by atoms with Crippen LogP contribution in [0, 0.1) is 0 Å². The molecule has 0 radical (unpaired) electrons. The molecule has 0 aromatic heterocycles. The molecule has 0 atom stereocenters. The number of nitrogens with zero attached hydrogens (tertiary/aromatic N) is 1. The van der Waals surface area contributed by atoms with Crippen LogP contribution in [-0.4, -0.2) is 63.5 Å². The molecule has 0 fully saturated rings. The van der Waals surface area contributed by atoms with Crippen molar-refractivity contribution in [3.63, 3.8) is 0 Å². The number of carbonyl (C=O) groups excluding carboxylic acids is 1.